The average Bonchev–Trinajstić information content (AvgIpc) is 2.85. The fraction of sp³-hybridized carbons (Fsp3) is 0.250. The van der Waals surface area contributed by atoms with Crippen molar-refractivity contribution in [2.75, 3.05) is 0 Å². The molecule has 0 radical (unpaired) electrons. The molecule has 0 saturated carbocycles. The summed E-state index contributed by atoms with van der Waals surface area (Å²) in [6.07, 6.45) is 0.402. The van der Waals surface area contributed by atoms with Crippen molar-refractivity contribution in [3.63, 3.8) is 0 Å². The SMILES string of the molecule is CCC(=O)NCc1nnc(-c2ccc(F)cc2)o1. The van der Waals surface area contributed by atoms with Crippen molar-refractivity contribution in [3.05, 3.63) is 36.0 Å². The fourth-order valence-corrected chi connectivity index (χ4v) is 1.33. The molecule has 1 heterocycles. The number of hydrogen-bond acceptors (Lipinski definition) is 4. The second kappa shape index (κ2) is 5.39. The van der Waals surface area contributed by atoms with Gasteiger partial charge in [-0.2, -0.15) is 0 Å². The van der Waals surface area contributed by atoms with E-state index in [4.69, 9.17) is 4.42 Å². The van der Waals surface area contributed by atoms with Gasteiger partial charge in [-0.3, -0.25) is 4.79 Å². The summed E-state index contributed by atoms with van der Waals surface area (Å²) in [4.78, 5) is 11.1. The average molecular weight is 249 g/mol. The van der Waals surface area contributed by atoms with Crippen LogP contribution in [0, 0.1) is 5.82 Å². The molecule has 0 spiro atoms. The first-order valence-electron chi connectivity index (χ1n) is 5.54. The minimum absolute atomic E-state index is 0.0865. The zero-order valence-corrected chi connectivity index (χ0v) is 9.81. The van der Waals surface area contributed by atoms with E-state index in [1.165, 1.54) is 12.1 Å². The van der Waals surface area contributed by atoms with Crippen molar-refractivity contribution in [2.45, 2.75) is 19.9 Å². The van der Waals surface area contributed by atoms with Gasteiger partial charge in [0.2, 0.25) is 17.7 Å². The van der Waals surface area contributed by atoms with E-state index < -0.39 is 0 Å². The van der Waals surface area contributed by atoms with E-state index in [-0.39, 0.29) is 18.3 Å². The number of nitrogens with one attached hydrogen (secondary N) is 1. The Morgan fingerprint density at radius 3 is 2.72 bits per heavy atom. The van der Waals surface area contributed by atoms with Gasteiger partial charge in [-0.05, 0) is 24.3 Å². The lowest BCUT2D eigenvalue weighted by Gasteiger charge is -1.98. The summed E-state index contributed by atoms with van der Waals surface area (Å²) in [5, 5.41) is 10.3. The first-order valence-corrected chi connectivity index (χ1v) is 5.54. The monoisotopic (exact) mass is 249 g/mol. The first kappa shape index (κ1) is 12.2. The molecule has 94 valence electrons. The summed E-state index contributed by atoms with van der Waals surface area (Å²) < 4.78 is 18.1. The number of halogens is 1. The van der Waals surface area contributed by atoms with Gasteiger partial charge in [0.25, 0.3) is 0 Å². The molecule has 6 heteroatoms. The first-order chi connectivity index (χ1) is 8.69. The van der Waals surface area contributed by atoms with Crippen LogP contribution in [0.25, 0.3) is 11.5 Å². The number of carbonyl (C=O) groups is 1. The van der Waals surface area contributed by atoms with Gasteiger partial charge in [-0.1, -0.05) is 6.92 Å². The van der Waals surface area contributed by atoms with E-state index in [2.05, 4.69) is 15.5 Å². The molecule has 0 saturated heterocycles. The lowest BCUT2D eigenvalue weighted by atomic mass is 10.2. The van der Waals surface area contributed by atoms with E-state index in [0.29, 0.717) is 23.8 Å². The Labute approximate surface area is 103 Å². The highest BCUT2D eigenvalue weighted by Gasteiger charge is 2.09. The summed E-state index contributed by atoms with van der Waals surface area (Å²) in [6, 6.07) is 5.74. The Balaban J connectivity index is 2.06. The molecular formula is C12H12FN3O2. The lowest BCUT2D eigenvalue weighted by Crippen LogP contribution is -2.21. The topological polar surface area (TPSA) is 68.0 Å². The minimum atomic E-state index is -0.325. The number of amides is 1. The van der Waals surface area contributed by atoms with Crippen molar-refractivity contribution >= 4 is 5.91 Å². The molecule has 1 aromatic carbocycles. The second-order valence-corrected chi connectivity index (χ2v) is 3.64. The number of aromatic nitrogens is 2. The summed E-state index contributed by atoms with van der Waals surface area (Å²) in [5.41, 5.74) is 0.636. The third-order valence-corrected chi connectivity index (χ3v) is 2.32. The predicted octanol–water partition coefficient (Wildman–Crippen LogP) is 1.90. The molecule has 2 rings (SSSR count). The molecule has 0 bridgehead atoms. The standard InChI is InChI=1S/C12H12FN3O2/c1-2-10(17)14-7-11-15-16-12(18-11)8-3-5-9(13)6-4-8/h3-6H,2,7H2,1H3,(H,14,17). The maximum absolute atomic E-state index is 12.7. The van der Waals surface area contributed by atoms with E-state index in [9.17, 15) is 9.18 Å². The Kier molecular flexibility index (Phi) is 3.66. The highest BCUT2D eigenvalue weighted by molar-refractivity contribution is 5.75. The number of carbonyl (C=O) groups excluding carboxylic acids is 1. The van der Waals surface area contributed by atoms with E-state index in [1.54, 1.807) is 19.1 Å². The van der Waals surface area contributed by atoms with Crippen molar-refractivity contribution < 1.29 is 13.6 Å². The molecule has 1 aromatic heterocycles. The van der Waals surface area contributed by atoms with Crippen molar-refractivity contribution in [1.82, 2.24) is 15.5 Å². The van der Waals surface area contributed by atoms with Gasteiger partial charge >= 0.3 is 0 Å². The lowest BCUT2D eigenvalue weighted by molar-refractivity contribution is -0.121. The van der Waals surface area contributed by atoms with Gasteiger partial charge in [0.15, 0.2) is 0 Å². The maximum atomic E-state index is 12.7. The number of rotatable bonds is 4. The molecule has 0 aliphatic carbocycles. The minimum Gasteiger partial charge on any atom is -0.419 e. The highest BCUT2D eigenvalue weighted by Crippen LogP contribution is 2.17. The maximum Gasteiger partial charge on any atom is 0.247 e. The molecule has 1 amide bonds. The van der Waals surface area contributed by atoms with Gasteiger partial charge in [-0.15, -0.1) is 10.2 Å². The van der Waals surface area contributed by atoms with Crippen LogP contribution in [0.3, 0.4) is 0 Å². The van der Waals surface area contributed by atoms with Crippen LogP contribution in [0.4, 0.5) is 4.39 Å². The molecule has 0 unspecified atom stereocenters. The summed E-state index contributed by atoms with van der Waals surface area (Å²) in [7, 11) is 0. The third kappa shape index (κ3) is 2.91. The zero-order valence-electron chi connectivity index (χ0n) is 9.81. The molecule has 5 nitrogen and oxygen atoms in total. The van der Waals surface area contributed by atoms with Crippen LogP contribution in [0.2, 0.25) is 0 Å². The largest absolute Gasteiger partial charge is 0.419 e. The van der Waals surface area contributed by atoms with E-state index in [0.717, 1.165) is 0 Å². The summed E-state index contributed by atoms with van der Waals surface area (Å²) >= 11 is 0. The Hall–Kier alpha value is -2.24. The van der Waals surface area contributed by atoms with Gasteiger partial charge in [0.05, 0.1) is 6.54 Å². The van der Waals surface area contributed by atoms with Crippen LogP contribution in [0.15, 0.2) is 28.7 Å². The van der Waals surface area contributed by atoms with Crippen LogP contribution in [-0.4, -0.2) is 16.1 Å². The molecule has 0 fully saturated rings. The number of hydrogen-bond donors (Lipinski definition) is 1. The van der Waals surface area contributed by atoms with Crippen LogP contribution < -0.4 is 5.32 Å². The molecule has 18 heavy (non-hydrogen) atoms. The molecule has 1 N–H and O–H groups in total. The summed E-state index contributed by atoms with van der Waals surface area (Å²) in [5.74, 6) is 0.206. The second-order valence-electron chi connectivity index (χ2n) is 3.64. The van der Waals surface area contributed by atoms with Crippen molar-refractivity contribution in [3.8, 4) is 11.5 Å². The Morgan fingerprint density at radius 2 is 2.06 bits per heavy atom. The van der Waals surface area contributed by atoms with Gasteiger partial charge in [0.1, 0.15) is 5.82 Å². The van der Waals surface area contributed by atoms with Gasteiger partial charge < -0.3 is 9.73 Å². The zero-order chi connectivity index (χ0) is 13.0. The predicted molar refractivity (Wildman–Crippen MR) is 61.8 cm³/mol. The van der Waals surface area contributed by atoms with Crippen molar-refractivity contribution in [1.29, 1.82) is 0 Å². The van der Waals surface area contributed by atoms with E-state index in [1.807, 2.05) is 0 Å². The van der Waals surface area contributed by atoms with Gasteiger partial charge in [0, 0.05) is 12.0 Å². The highest BCUT2D eigenvalue weighted by atomic mass is 19.1. The third-order valence-electron chi connectivity index (χ3n) is 2.32. The Bertz CT molecular complexity index is 537. The smallest absolute Gasteiger partial charge is 0.247 e. The molecule has 2 aromatic rings. The fourth-order valence-electron chi connectivity index (χ4n) is 1.33. The molecule has 0 aliphatic rings. The normalized spacial score (nSPS) is 10.3. The summed E-state index contributed by atoms with van der Waals surface area (Å²) in [6.45, 7) is 1.95. The van der Waals surface area contributed by atoms with Crippen molar-refractivity contribution in [2.24, 2.45) is 0 Å². The van der Waals surface area contributed by atoms with E-state index >= 15 is 0 Å². The quantitative estimate of drug-likeness (QED) is 0.898. The van der Waals surface area contributed by atoms with Crippen LogP contribution in [0.5, 0.6) is 0 Å². The Morgan fingerprint density at radius 1 is 1.33 bits per heavy atom. The van der Waals surface area contributed by atoms with Crippen LogP contribution >= 0.6 is 0 Å². The number of benzene rings is 1. The molecule has 0 aliphatic heterocycles. The van der Waals surface area contributed by atoms with Crippen LogP contribution in [0.1, 0.15) is 19.2 Å². The molecular weight excluding hydrogens is 237 g/mol. The van der Waals surface area contributed by atoms with Gasteiger partial charge in [-0.25, -0.2) is 4.39 Å². The number of nitrogens with zero attached hydrogens (tertiary/aromatic N) is 2. The van der Waals surface area contributed by atoms with Crippen LogP contribution in [-0.2, 0) is 11.3 Å². The molecule has 0 atom stereocenters.